The standard InChI is InChI=1S/C8H11N3.2BrH/c1-6(9)11-8-4-2-7(10)3-5-8;;/h2-5H,10H2,1H3,(H2,9,11);2*1H. The zero-order valence-corrected chi connectivity index (χ0v) is 10.7. The van der Waals surface area contributed by atoms with Crippen molar-refractivity contribution in [1.82, 2.24) is 0 Å². The minimum absolute atomic E-state index is 0. The highest BCUT2D eigenvalue weighted by Crippen LogP contribution is 2.13. The van der Waals surface area contributed by atoms with E-state index in [1.165, 1.54) is 0 Å². The Labute approximate surface area is 98.8 Å². The number of nitrogens with two attached hydrogens (primary N) is 2. The Morgan fingerprint density at radius 3 is 2.00 bits per heavy atom. The molecular weight excluding hydrogens is 298 g/mol. The van der Waals surface area contributed by atoms with Crippen molar-refractivity contribution in [3.63, 3.8) is 0 Å². The number of nitrogen functional groups attached to an aromatic ring is 1. The molecule has 1 aromatic rings. The average molecular weight is 311 g/mol. The molecule has 0 saturated heterocycles. The molecule has 0 unspecified atom stereocenters. The molecule has 0 aromatic heterocycles. The van der Waals surface area contributed by atoms with Gasteiger partial charge in [-0.25, -0.2) is 4.99 Å². The van der Waals surface area contributed by atoms with Gasteiger partial charge in [-0.05, 0) is 31.2 Å². The first kappa shape index (κ1) is 14.9. The molecule has 0 spiro atoms. The lowest BCUT2D eigenvalue weighted by atomic mass is 10.3. The second-order valence-corrected chi connectivity index (χ2v) is 2.34. The maximum absolute atomic E-state index is 5.48. The van der Waals surface area contributed by atoms with E-state index in [1.807, 2.05) is 12.1 Å². The van der Waals surface area contributed by atoms with Gasteiger partial charge in [0.25, 0.3) is 0 Å². The SMILES string of the molecule is Br.Br.CC(N)=Nc1ccc(N)cc1. The van der Waals surface area contributed by atoms with Crippen molar-refractivity contribution in [3.05, 3.63) is 24.3 Å². The van der Waals surface area contributed by atoms with Crippen molar-refractivity contribution in [2.24, 2.45) is 10.7 Å². The van der Waals surface area contributed by atoms with Crippen LogP contribution in [0, 0.1) is 0 Å². The van der Waals surface area contributed by atoms with E-state index < -0.39 is 0 Å². The minimum atomic E-state index is 0. The fourth-order valence-electron chi connectivity index (χ4n) is 0.752. The number of nitrogens with zero attached hydrogens (tertiary/aromatic N) is 1. The second-order valence-electron chi connectivity index (χ2n) is 2.34. The summed E-state index contributed by atoms with van der Waals surface area (Å²) in [5.74, 6) is 0.551. The molecule has 5 heteroatoms. The zero-order chi connectivity index (χ0) is 8.27. The number of hydrogen-bond acceptors (Lipinski definition) is 2. The third-order valence-corrected chi connectivity index (χ3v) is 1.20. The Hall–Kier alpha value is -0.550. The Kier molecular flexibility index (Phi) is 7.95. The molecule has 0 heterocycles. The van der Waals surface area contributed by atoms with Crippen molar-refractivity contribution in [2.75, 3.05) is 5.73 Å². The van der Waals surface area contributed by atoms with Gasteiger partial charge in [-0.2, -0.15) is 0 Å². The molecule has 1 aromatic carbocycles. The van der Waals surface area contributed by atoms with Crippen LogP contribution in [0.2, 0.25) is 0 Å². The fraction of sp³-hybridized carbons (Fsp3) is 0.125. The maximum atomic E-state index is 5.48. The van der Waals surface area contributed by atoms with Crippen LogP contribution >= 0.6 is 34.0 Å². The first-order valence-corrected chi connectivity index (χ1v) is 3.35. The molecule has 0 aliphatic rings. The van der Waals surface area contributed by atoms with Gasteiger partial charge in [0.05, 0.1) is 11.5 Å². The number of halogens is 2. The number of rotatable bonds is 1. The van der Waals surface area contributed by atoms with E-state index in [9.17, 15) is 0 Å². The Morgan fingerprint density at radius 1 is 1.15 bits per heavy atom. The number of amidine groups is 1. The predicted molar refractivity (Wildman–Crippen MR) is 68.5 cm³/mol. The van der Waals surface area contributed by atoms with Gasteiger partial charge in [-0.3, -0.25) is 0 Å². The van der Waals surface area contributed by atoms with E-state index in [2.05, 4.69) is 4.99 Å². The van der Waals surface area contributed by atoms with Crippen molar-refractivity contribution in [2.45, 2.75) is 6.92 Å². The third kappa shape index (κ3) is 5.65. The molecule has 0 atom stereocenters. The van der Waals surface area contributed by atoms with Gasteiger partial charge < -0.3 is 11.5 Å². The number of hydrogen-bond donors (Lipinski definition) is 2. The lowest BCUT2D eigenvalue weighted by molar-refractivity contribution is 1.45. The summed E-state index contributed by atoms with van der Waals surface area (Å²) < 4.78 is 0. The Bertz CT molecular complexity index is 265. The second kappa shape index (κ2) is 6.91. The topological polar surface area (TPSA) is 64.4 Å². The monoisotopic (exact) mass is 309 g/mol. The number of anilines is 1. The highest BCUT2D eigenvalue weighted by atomic mass is 79.9. The van der Waals surface area contributed by atoms with Crippen LogP contribution in [0.3, 0.4) is 0 Å². The lowest BCUT2D eigenvalue weighted by Crippen LogP contribution is -2.03. The predicted octanol–water partition coefficient (Wildman–Crippen LogP) is 2.43. The van der Waals surface area contributed by atoms with Gasteiger partial charge >= 0.3 is 0 Å². The van der Waals surface area contributed by atoms with Crippen LogP contribution in [-0.4, -0.2) is 5.84 Å². The van der Waals surface area contributed by atoms with Crippen LogP contribution < -0.4 is 11.5 Å². The molecular formula is C8H13Br2N3. The summed E-state index contributed by atoms with van der Waals surface area (Å²) >= 11 is 0. The largest absolute Gasteiger partial charge is 0.399 e. The normalized spacial score (nSPS) is 9.77. The molecule has 4 N–H and O–H groups in total. The van der Waals surface area contributed by atoms with E-state index in [0.29, 0.717) is 5.84 Å². The van der Waals surface area contributed by atoms with E-state index in [1.54, 1.807) is 19.1 Å². The van der Waals surface area contributed by atoms with Crippen LogP contribution in [-0.2, 0) is 0 Å². The smallest absolute Gasteiger partial charge is 0.0964 e. The Morgan fingerprint density at radius 2 is 1.62 bits per heavy atom. The van der Waals surface area contributed by atoms with Gasteiger partial charge in [-0.15, -0.1) is 34.0 Å². The molecule has 3 nitrogen and oxygen atoms in total. The van der Waals surface area contributed by atoms with Crippen molar-refractivity contribution in [1.29, 1.82) is 0 Å². The molecule has 0 aliphatic heterocycles. The Balaban J connectivity index is 0. The maximum Gasteiger partial charge on any atom is 0.0964 e. The molecule has 1 rings (SSSR count). The molecule has 0 fully saturated rings. The van der Waals surface area contributed by atoms with Crippen LogP contribution in [0.5, 0.6) is 0 Å². The summed E-state index contributed by atoms with van der Waals surface area (Å²) in [6.07, 6.45) is 0. The summed E-state index contributed by atoms with van der Waals surface area (Å²) in [6, 6.07) is 7.24. The summed E-state index contributed by atoms with van der Waals surface area (Å²) in [5, 5.41) is 0. The van der Waals surface area contributed by atoms with Crippen molar-refractivity contribution >= 4 is 51.2 Å². The average Bonchev–Trinajstić information content (AvgIpc) is 1.93. The molecule has 0 radical (unpaired) electrons. The fourth-order valence-corrected chi connectivity index (χ4v) is 0.752. The van der Waals surface area contributed by atoms with E-state index >= 15 is 0 Å². The van der Waals surface area contributed by atoms with E-state index in [-0.39, 0.29) is 34.0 Å². The van der Waals surface area contributed by atoms with Crippen LogP contribution in [0.4, 0.5) is 11.4 Å². The molecule has 0 bridgehead atoms. The zero-order valence-electron chi connectivity index (χ0n) is 7.23. The van der Waals surface area contributed by atoms with Gasteiger partial charge in [-0.1, -0.05) is 0 Å². The van der Waals surface area contributed by atoms with Crippen LogP contribution in [0.1, 0.15) is 6.92 Å². The van der Waals surface area contributed by atoms with Crippen LogP contribution in [0.25, 0.3) is 0 Å². The molecule has 0 aliphatic carbocycles. The van der Waals surface area contributed by atoms with Gasteiger partial charge in [0.1, 0.15) is 0 Å². The summed E-state index contributed by atoms with van der Waals surface area (Å²) in [4.78, 5) is 4.04. The lowest BCUT2D eigenvalue weighted by Gasteiger charge is -1.94. The molecule has 13 heavy (non-hydrogen) atoms. The first-order valence-electron chi connectivity index (χ1n) is 3.35. The number of benzene rings is 1. The quantitative estimate of drug-likeness (QED) is 0.475. The van der Waals surface area contributed by atoms with Crippen molar-refractivity contribution < 1.29 is 0 Å². The molecule has 74 valence electrons. The molecule has 0 amide bonds. The van der Waals surface area contributed by atoms with E-state index in [4.69, 9.17) is 11.5 Å². The van der Waals surface area contributed by atoms with Gasteiger partial charge in [0.15, 0.2) is 0 Å². The highest BCUT2D eigenvalue weighted by Gasteiger charge is 1.87. The van der Waals surface area contributed by atoms with E-state index in [0.717, 1.165) is 11.4 Å². The first-order chi connectivity index (χ1) is 5.18. The minimum Gasteiger partial charge on any atom is -0.399 e. The van der Waals surface area contributed by atoms with Gasteiger partial charge in [0.2, 0.25) is 0 Å². The summed E-state index contributed by atoms with van der Waals surface area (Å²) in [5.41, 5.74) is 12.4. The third-order valence-electron chi connectivity index (χ3n) is 1.20. The number of aliphatic imine (C=N–C) groups is 1. The van der Waals surface area contributed by atoms with Crippen LogP contribution in [0.15, 0.2) is 29.3 Å². The summed E-state index contributed by atoms with van der Waals surface area (Å²) in [7, 11) is 0. The van der Waals surface area contributed by atoms with Gasteiger partial charge in [0, 0.05) is 5.69 Å². The highest BCUT2D eigenvalue weighted by molar-refractivity contribution is 8.93. The summed E-state index contributed by atoms with van der Waals surface area (Å²) in [6.45, 7) is 1.75. The molecule has 0 saturated carbocycles. The van der Waals surface area contributed by atoms with Crippen molar-refractivity contribution in [3.8, 4) is 0 Å².